The van der Waals surface area contributed by atoms with Crippen LogP contribution in [0.25, 0.3) is 33.2 Å². The summed E-state index contributed by atoms with van der Waals surface area (Å²) in [5.41, 5.74) is 3.10. The number of hydrogen-bond acceptors (Lipinski definition) is 6. The topological polar surface area (TPSA) is 70.8 Å². The summed E-state index contributed by atoms with van der Waals surface area (Å²) in [5, 5.41) is 0.881. The Bertz CT molecular complexity index is 1260. The maximum Gasteiger partial charge on any atom is 0.342 e. The predicted molar refractivity (Wildman–Crippen MR) is 109 cm³/mol. The van der Waals surface area contributed by atoms with E-state index >= 15 is 0 Å². The minimum absolute atomic E-state index is 0.0624. The number of esters is 1. The second-order valence-electron chi connectivity index (χ2n) is 6.51. The minimum atomic E-state index is -0.558. The summed E-state index contributed by atoms with van der Waals surface area (Å²) in [6.45, 7) is 2.91. The molecule has 0 fully saturated rings. The molecule has 29 heavy (non-hydrogen) atoms. The molecule has 0 atom stereocenters. The lowest BCUT2D eigenvalue weighted by atomic mass is 9.99. The van der Waals surface area contributed by atoms with Crippen molar-refractivity contribution in [2.24, 2.45) is 0 Å². The van der Waals surface area contributed by atoms with Crippen LogP contribution in [0, 0.1) is 0 Å². The molecule has 0 N–H and O–H groups in total. The Morgan fingerprint density at radius 2 is 1.93 bits per heavy atom. The molecule has 2 aromatic carbocycles. The molecular weight excluding hydrogens is 394 g/mol. The number of fused-ring (bicyclic) bond motifs is 4. The lowest BCUT2D eigenvalue weighted by Gasteiger charge is -2.19. The Morgan fingerprint density at radius 1 is 1.14 bits per heavy atom. The number of para-hydroxylation sites is 1. The molecule has 0 bridgehead atoms. The first-order valence-corrected chi connectivity index (χ1v) is 9.63. The van der Waals surface area contributed by atoms with Crippen molar-refractivity contribution in [1.29, 1.82) is 0 Å². The van der Waals surface area contributed by atoms with Crippen molar-refractivity contribution >= 4 is 39.6 Å². The van der Waals surface area contributed by atoms with Gasteiger partial charge in [0.05, 0.1) is 6.61 Å². The fraction of sp³-hybridized carbons (Fsp3) is 0.182. The van der Waals surface area contributed by atoms with E-state index in [0.717, 1.165) is 5.39 Å². The van der Waals surface area contributed by atoms with E-state index in [1.165, 1.54) is 0 Å². The van der Waals surface area contributed by atoms with E-state index in [1.54, 1.807) is 6.92 Å². The maximum atomic E-state index is 12.8. The number of furan rings is 1. The molecule has 0 radical (unpaired) electrons. The van der Waals surface area contributed by atoms with Crippen molar-refractivity contribution in [2.45, 2.75) is 6.92 Å². The number of hydrogen-bond donors (Lipinski definition) is 0. The normalized spacial score (nSPS) is 13.0. The molecule has 0 amide bonds. The van der Waals surface area contributed by atoms with Crippen LogP contribution < -0.4 is 9.47 Å². The third-order valence-electron chi connectivity index (χ3n) is 4.77. The van der Waals surface area contributed by atoms with Crippen molar-refractivity contribution in [3.63, 3.8) is 0 Å². The summed E-state index contributed by atoms with van der Waals surface area (Å²) < 4.78 is 22.7. The standard InChI is InChI=1S/C22H16ClNO5/c1-2-26-22(25)18-17(12-7-8-15-16(11-12)28-10-9-27-15)20-19(24-21(18)23)13-5-3-4-6-14(13)29-20/h3-8,11H,2,9-10H2,1H3. The summed E-state index contributed by atoms with van der Waals surface area (Å²) in [5.74, 6) is 0.691. The molecule has 0 saturated heterocycles. The van der Waals surface area contributed by atoms with Crippen LogP contribution in [0.5, 0.6) is 11.5 Å². The van der Waals surface area contributed by atoms with Crippen LogP contribution >= 0.6 is 11.6 Å². The van der Waals surface area contributed by atoms with Crippen molar-refractivity contribution in [3.05, 3.63) is 53.2 Å². The highest BCUT2D eigenvalue weighted by atomic mass is 35.5. The van der Waals surface area contributed by atoms with Crippen LogP contribution in [-0.2, 0) is 4.74 Å². The first-order chi connectivity index (χ1) is 14.2. The van der Waals surface area contributed by atoms with Crippen LogP contribution in [0.2, 0.25) is 5.15 Å². The summed E-state index contributed by atoms with van der Waals surface area (Å²) in [7, 11) is 0. The van der Waals surface area contributed by atoms with Crippen LogP contribution in [0.15, 0.2) is 46.9 Å². The zero-order valence-corrected chi connectivity index (χ0v) is 16.3. The molecule has 5 rings (SSSR count). The average molecular weight is 410 g/mol. The highest BCUT2D eigenvalue weighted by Crippen LogP contribution is 2.42. The predicted octanol–water partition coefficient (Wildman–Crippen LogP) is 5.25. The smallest absolute Gasteiger partial charge is 0.342 e. The number of carbonyl (C=O) groups is 1. The van der Waals surface area contributed by atoms with Crippen LogP contribution in [0.3, 0.4) is 0 Å². The summed E-state index contributed by atoms with van der Waals surface area (Å²) >= 11 is 6.48. The van der Waals surface area contributed by atoms with E-state index < -0.39 is 5.97 Å². The molecule has 3 heterocycles. The van der Waals surface area contributed by atoms with E-state index in [9.17, 15) is 4.79 Å². The van der Waals surface area contributed by atoms with E-state index in [-0.39, 0.29) is 17.3 Å². The largest absolute Gasteiger partial charge is 0.486 e. The molecule has 4 aromatic rings. The second-order valence-corrected chi connectivity index (χ2v) is 6.87. The molecular formula is C22H16ClNO5. The number of benzene rings is 2. The van der Waals surface area contributed by atoms with Gasteiger partial charge in [-0.3, -0.25) is 0 Å². The van der Waals surface area contributed by atoms with Crippen molar-refractivity contribution in [1.82, 2.24) is 4.98 Å². The Labute approximate surface area is 170 Å². The first kappa shape index (κ1) is 17.8. The number of pyridine rings is 1. The van der Waals surface area contributed by atoms with Crippen molar-refractivity contribution in [3.8, 4) is 22.6 Å². The zero-order valence-electron chi connectivity index (χ0n) is 15.5. The van der Waals surface area contributed by atoms with E-state index in [2.05, 4.69) is 4.98 Å². The fourth-order valence-electron chi connectivity index (χ4n) is 3.55. The molecule has 0 saturated carbocycles. The molecule has 0 unspecified atom stereocenters. The van der Waals surface area contributed by atoms with Gasteiger partial charge in [0.2, 0.25) is 0 Å². The van der Waals surface area contributed by atoms with Gasteiger partial charge in [0.15, 0.2) is 17.1 Å². The van der Waals surface area contributed by atoms with Gasteiger partial charge < -0.3 is 18.6 Å². The van der Waals surface area contributed by atoms with Gasteiger partial charge in [0, 0.05) is 10.9 Å². The Hall–Kier alpha value is -3.25. The van der Waals surface area contributed by atoms with E-state index in [1.807, 2.05) is 42.5 Å². The van der Waals surface area contributed by atoms with Gasteiger partial charge >= 0.3 is 5.97 Å². The zero-order chi connectivity index (χ0) is 20.0. The summed E-state index contributed by atoms with van der Waals surface area (Å²) in [4.78, 5) is 17.2. The van der Waals surface area contributed by atoms with Gasteiger partial charge in [-0.25, -0.2) is 9.78 Å². The van der Waals surface area contributed by atoms with Crippen LogP contribution in [0.1, 0.15) is 17.3 Å². The highest BCUT2D eigenvalue weighted by Gasteiger charge is 2.27. The second kappa shape index (κ2) is 6.97. The molecule has 1 aliphatic heterocycles. The Morgan fingerprint density at radius 3 is 2.76 bits per heavy atom. The van der Waals surface area contributed by atoms with Crippen molar-refractivity contribution < 1.29 is 23.4 Å². The average Bonchev–Trinajstić information content (AvgIpc) is 3.10. The number of carbonyl (C=O) groups excluding carboxylic acids is 1. The van der Waals surface area contributed by atoms with Crippen molar-refractivity contribution in [2.75, 3.05) is 19.8 Å². The summed E-state index contributed by atoms with van der Waals surface area (Å²) in [6.07, 6.45) is 0. The summed E-state index contributed by atoms with van der Waals surface area (Å²) in [6, 6.07) is 13.0. The number of halogens is 1. The number of nitrogens with zero attached hydrogens (tertiary/aromatic N) is 1. The highest BCUT2D eigenvalue weighted by molar-refractivity contribution is 6.34. The van der Waals surface area contributed by atoms with Gasteiger partial charge in [-0.15, -0.1) is 0 Å². The molecule has 146 valence electrons. The lowest BCUT2D eigenvalue weighted by Crippen LogP contribution is -2.15. The van der Waals surface area contributed by atoms with Gasteiger partial charge in [0.25, 0.3) is 0 Å². The van der Waals surface area contributed by atoms with Crippen LogP contribution in [0.4, 0.5) is 0 Å². The number of aromatic nitrogens is 1. The Kier molecular flexibility index (Phi) is 4.28. The molecule has 0 spiro atoms. The molecule has 1 aliphatic rings. The molecule has 7 heteroatoms. The third kappa shape index (κ3) is 2.87. The molecule has 0 aliphatic carbocycles. The number of rotatable bonds is 3. The SMILES string of the molecule is CCOC(=O)c1c(Cl)nc2c(oc3ccccc32)c1-c1ccc2c(c1)OCCO2. The fourth-order valence-corrected chi connectivity index (χ4v) is 3.80. The number of ether oxygens (including phenoxy) is 3. The quantitative estimate of drug-likeness (QED) is 0.340. The molecule has 2 aromatic heterocycles. The Balaban J connectivity index is 1.85. The maximum absolute atomic E-state index is 12.8. The first-order valence-electron chi connectivity index (χ1n) is 9.25. The minimum Gasteiger partial charge on any atom is -0.486 e. The van der Waals surface area contributed by atoms with E-state index in [4.69, 9.17) is 30.2 Å². The monoisotopic (exact) mass is 409 g/mol. The van der Waals surface area contributed by atoms with Gasteiger partial charge in [-0.05, 0) is 36.8 Å². The lowest BCUT2D eigenvalue weighted by molar-refractivity contribution is 0.0527. The van der Waals surface area contributed by atoms with Gasteiger partial charge in [-0.2, -0.15) is 0 Å². The van der Waals surface area contributed by atoms with E-state index in [0.29, 0.717) is 52.5 Å². The van der Waals surface area contributed by atoms with Gasteiger partial charge in [0.1, 0.15) is 35.0 Å². The molecule has 6 nitrogen and oxygen atoms in total. The third-order valence-corrected chi connectivity index (χ3v) is 5.05. The van der Waals surface area contributed by atoms with Gasteiger partial charge in [-0.1, -0.05) is 29.8 Å². The van der Waals surface area contributed by atoms with Crippen LogP contribution in [-0.4, -0.2) is 30.8 Å².